The van der Waals surface area contributed by atoms with Crippen LogP contribution in [0.25, 0.3) is 11.3 Å². The molecule has 0 fully saturated rings. The maximum absolute atomic E-state index is 11.9. The first-order valence-electron chi connectivity index (χ1n) is 7.40. The third-order valence-electron chi connectivity index (χ3n) is 3.31. The van der Waals surface area contributed by atoms with E-state index >= 15 is 0 Å². The zero-order valence-corrected chi connectivity index (χ0v) is 13.4. The Morgan fingerprint density at radius 2 is 2.17 bits per heavy atom. The van der Waals surface area contributed by atoms with Gasteiger partial charge in [-0.15, -0.1) is 0 Å². The summed E-state index contributed by atoms with van der Waals surface area (Å²) in [7, 11) is 0. The van der Waals surface area contributed by atoms with Gasteiger partial charge in [0.2, 0.25) is 0 Å². The Labute approximate surface area is 138 Å². The fraction of sp³-hybridized carbons (Fsp3) is 0.250. The highest BCUT2D eigenvalue weighted by Crippen LogP contribution is 2.22. The summed E-state index contributed by atoms with van der Waals surface area (Å²) in [5.41, 5.74) is 3.00. The van der Waals surface area contributed by atoms with E-state index in [2.05, 4.69) is 25.7 Å². The number of nitrogens with one attached hydrogen (secondary N) is 2. The number of ether oxygens (including phenoxy) is 1. The van der Waals surface area contributed by atoms with Crippen LogP contribution >= 0.6 is 0 Å². The molecule has 2 aromatic heterocycles. The zero-order chi connectivity index (χ0) is 16.9. The van der Waals surface area contributed by atoms with Crippen LogP contribution in [0.4, 0.5) is 5.82 Å². The van der Waals surface area contributed by atoms with Gasteiger partial charge in [0, 0.05) is 11.6 Å². The Hall–Kier alpha value is -3.00. The molecule has 2 heterocycles. The molecule has 24 heavy (non-hydrogen) atoms. The van der Waals surface area contributed by atoms with Gasteiger partial charge in [-0.2, -0.15) is 10.1 Å². The molecule has 3 rings (SSSR count). The fourth-order valence-corrected chi connectivity index (χ4v) is 2.21. The minimum atomic E-state index is -0.311. The first-order valence-corrected chi connectivity index (χ1v) is 7.40. The van der Waals surface area contributed by atoms with Gasteiger partial charge in [-0.25, -0.2) is 0 Å². The van der Waals surface area contributed by atoms with E-state index in [1.54, 1.807) is 13.0 Å². The van der Waals surface area contributed by atoms with Crippen molar-refractivity contribution in [3.8, 4) is 11.3 Å². The van der Waals surface area contributed by atoms with Gasteiger partial charge in [0.1, 0.15) is 13.2 Å². The highest BCUT2D eigenvalue weighted by molar-refractivity contribution is 5.91. The zero-order valence-electron chi connectivity index (χ0n) is 13.4. The summed E-state index contributed by atoms with van der Waals surface area (Å²) in [6.45, 7) is 3.68. The Morgan fingerprint density at radius 1 is 1.33 bits per heavy atom. The fourth-order valence-electron chi connectivity index (χ4n) is 2.21. The molecular weight excluding hydrogens is 310 g/mol. The summed E-state index contributed by atoms with van der Waals surface area (Å²) in [6, 6.07) is 9.71. The van der Waals surface area contributed by atoms with Gasteiger partial charge >= 0.3 is 0 Å². The number of hydrogen-bond donors (Lipinski definition) is 2. The number of rotatable bonds is 6. The molecule has 0 aliphatic carbocycles. The SMILES string of the molecule is Cc1noc(COCC(=O)Nc2cc(-c3ccccc3C)[nH]n2)n1. The Kier molecular flexibility index (Phi) is 4.66. The molecule has 1 aromatic carbocycles. The minimum Gasteiger partial charge on any atom is -0.362 e. The van der Waals surface area contributed by atoms with Crippen molar-refractivity contribution < 1.29 is 14.1 Å². The minimum absolute atomic E-state index is 0.0866. The first kappa shape index (κ1) is 15.9. The molecule has 124 valence electrons. The van der Waals surface area contributed by atoms with E-state index in [4.69, 9.17) is 9.26 Å². The van der Waals surface area contributed by atoms with Gasteiger partial charge in [-0.1, -0.05) is 29.4 Å². The molecule has 0 aliphatic heterocycles. The van der Waals surface area contributed by atoms with Crippen LogP contribution in [0.15, 0.2) is 34.9 Å². The van der Waals surface area contributed by atoms with E-state index in [9.17, 15) is 4.79 Å². The summed E-state index contributed by atoms with van der Waals surface area (Å²) < 4.78 is 10.1. The second-order valence-electron chi connectivity index (χ2n) is 5.26. The summed E-state index contributed by atoms with van der Waals surface area (Å²) in [4.78, 5) is 15.8. The van der Waals surface area contributed by atoms with Crippen LogP contribution in [0.1, 0.15) is 17.3 Å². The van der Waals surface area contributed by atoms with Gasteiger partial charge in [0.25, 0.3) is 11.8 Å². The van der Waals surface area contributed by atoms with Crippen LogP contribution in [0.5, 0.6) is 0 Å². The second kappa shape index (κ2) is 7.05. The smallest absolute Gasteiger partial charge is 0.252 e. The predicted molar refractivity (Wildman–Crippen MR) is 86.1 cm³/mol. The highest BCUT2D eigenvalue weighted by Gasteiger charge is 2.10. The van der Waals surface area contributed by atoms with Gasteiger partial charge in [0.15, 0.2) is 11.6 Å². The number of H-pyrrole nitrogens is 1. The monoisotopic (exact) mass is 327 g/mol. The Balaban J connectivity index is 1.53. The largest absolute Gasteiger partial charge is 0.362 e. The van der Waals surface area contributed by atoms with Gasteiger partial charge in [-0.3, -0.25) is 9.89 Å². The lowest BCUT2D eigenvalue weighted by Crippen LogP contribution is -2.18. The molecule has 0 atom stereocenters. The summed E-state index contributed by atoms with van der Waals surface area (Å²) >= 11 is 0. The number of amides is 1. The standard InChI is InChI=1S/C16H17N5O3/c1-10-5-3-4-6-12(10)13-7-14(20-19-13)18-15(22)8-23-9-16-17-11(2)21-24-16/h3-7H,8-9H2,1-2H3,(H2,18,19,20,22). The second-order valence-corrected chi connectivity index (χ2v) is 5.26. The number of benzene rings is 1. The number of carbonyl (C=O) groups excluding carboxylic acids is 1. The molecule has 0 saturated heterocycles. The highest BCUT2D eigenvalue weighted by atomic mass is 16.5. The van der Waals surface area contributed by atoms with Gasteiger partial charge in [0.05, 0.1) is 5.69 Å². The molecule has 0 unspecified atom stereocenters. The number of hydrogen-bond acceptors (Lipinski definition) is 6. The van der Waals surface area contributed by atoms with Crippen molar-refractivity contribution in [3.63, 3.8) is 0 Å². The maximum atomic E-state index is 11.9. The molecular formula is C16H17N5O3. The average molecular weight is 327 g/mol. The van der Waals surface area contributed by atoms with E-state index in [0.717, 1.165) is 16.8 Å². The molecule has 1 amide bonds. The van der Waals surface area contributed by atoms with Crippen molar-refractivity contribution in [3.05, 3.63) is 47.6 Å². The van der Waals surface area contributed by atoms with Crippen LogP contribution < -0.4 is 5.32 Å². The number of anilines is 1. The molecule has 0 bridgehead atoms. The van der Waals surface area contributed by atoms with Crippen LogP contribution in [0.2, 0.25) is 0 Å². The lowest BCUT2D eigenvalue weighted by molar-refractivity contribution is -0.121. The lowest BCUT2D eigenvalue weighted by atomic mass is 10.1. The number of nitrogens with zero attached hydrogens (tertiary/aromatic N) is 3. The Bertz CT molecular complexity index is 840. The van der Waals surface area contributed by atoms with Crippen molar-refractivity contribution in [1.29, 1.82) is 0 Å². The van der Waals surface area contributed by atoms with Crippen molar-refractivity contribution in [2.75, 3.05) is 11.9 Å². The molecule has 0 radical (unpaired) electrons. The van der Waals surface area contributed by atoms with Crippen molar-refractivity contribution in [2.24, 2.45) is 0 Å². The number of aryl methyl sites for hydroxylation is 2. The average Bonchev–Trinajstić information content (AvgIpc) is 3.17. The molecule has 0 spiro atoms. The number of aromatic nitrogens is 4. The maximum Gasteiger partial charge on any atom is 0.252 e. The summed E-state index contributed by atoms with van der Waals surface area (Å²) in [5.74, 6) is 0.991. The van der Waals surface area contributed by atoms with Crippen molar-refractivity contribution in [1.82, 2.24) is 20.3 Å². The molecule has 0 saturated carbocycles. The molecule has 8 nitrogen and oxygen atoms in total. The van der Waals surface area contributed by atoms with Crippen LogP contribution in [0.3, 0.4) is 0 Å². The predicted octanol–water partition coefficient (Wildman–Crippen LogP) is 2.23. The van der Waals surface area contributed by atoms with Crippen LogP contribution in [-0.4, -0.2) is 32.9 Å². The van der Waals surface area contributed by atoms with Crippen molar-refractivity contribution >= 4 is 11.7 Å². The van der Waals surface area contributed by atoms with Crippen LogP contribution in [0, 0.1) is 13.8 Å². The third-order valence-corrected chi connectivity index (χ3v) is 3.31. The van der Waals surface area contributed by atoms with E-state index in [0.29, 0.717) is 17.5 Å². The molecule has 3 aromatic rings. The summed E-state index contributed by atoms with van der Waals surface area (Å²) in [5, 5.41) is 13.3. The first-order chi connectivity index (χ1) is 11.6. The quantitative estimate of drug-likeness (QED) is 0.719. The van der Waals surface area contributed by atoms with E-state index in [1.807, 2.05) is 31.2 Å². The van der Waals surface area contributed by atoms with Crippen LogP contribution in [-0.2, 0) is 16.1 Å². The van der Waals surface area contributed by atoms with E-state index in [1.165, 1.54) is 0 Å². The third kappa shape index (κ3) is 3.85. The normalized spacial score (nSPS) is 10.8. The van der Waals surface area contributed by atoms with E-state index < -0.39 is 0 Å². The Morgan fingerprint density at radius 3 is 2.92 bits per heavy atom. The number of aromatic amines is 1. The van der Waals surface area contributed by atoms with Crippen molar-refractivity contribution in [2.45, 2.75) is 20.5 Å². The lowest BCUT2D eigenvalue weighted by Gasteiger charge is -2.02. The molecule has 8 heteroatoms. The topological polar surface area (TPSA) is 106 Å². The number of carbonyl (C=O) groups is 1. The van der Waals surface area contributed by atoms with Gasteiger partial charge in [-0.05, 0) is 19.4 Å². The summed E-state index contributed by atoms with van der Waals surface area (Å²) in [6.07, 6.45) is 0. The van der Waals surface area contributed by atoms with E-state index in [-0.39, 0.29) is 19.1 Å². The molecule has 0 aliphatic rings. The molecule has 2 N–H and O–H groups in total. The van der Waals surface area contributed by atoms with Gasteiger partial charge < -0.3 is 14.6 Å².